The number of hydrogen-bond donors (Lipinski definition) is 1. The van der Waals surface area contributed by atoms with E-state index in [1.165, 1.54) is 12.1 Å². The Morgan fingerprint density at radius 2 is 1.84 bits per heavy atom. The Bertz CT molecular complexity index is 1170. The van der Waals surface area contributed by atoms with Gasteiger partial charge in [-0.25, -0.2) is 4.21 Å². The van der Waals surface area contributed by atoms with Crippen molar-refractivity contribution in [2.75, 3.05) is 21.9 Å². The van der Waals surface area contributed by atoms with Crippen LogP contribution >= 0.6 is 11.6 Å². The van der Waals surface area contributed by atoms with Crippen LogP contribution in [0.1, 0.15) is 22.3 Å². The fraction of sp³-hybridized carbons (Fsp3) is 0.182. The Hall–Kier alpha value is -2.91. The highest BCUT2D eigenvalue weighted by Crippen LogP contribution is 2.33. The van der Waals surface area contributed by atoms with E-state index >= 15 is 0 Å². The topological polar surface area (TPSA) is 62.3 Å². The predicted octanol–water partition coefficient (Wildman–Crippen LogP) is 5.55. The summed E-state index contributed by atoms with van der Waals surface area (Å²) in [5.41, 5.74) is 1.40. The first-order chi connectivity index (χ1) is 15.2. The second-order valence-corrected chi connectivity index (χ2v) is 9.01. The van der Waals surface area contributed by atoms with Gasteiger partial charge in [0.1, 0.15) is 11.0 Å². The number of nitrogens with one attached hydrogen (secondary N) is 1. The molecule has 1 unspecified atom stereocenters. The number of carbonyl (C=O) groups excluding carboxylic acids is 1. The van der Waals surface area contributed by atoms with Crippen LogP contribution in [0, 0.1) is 0 Å². The van der Waals surface area contributed by atoms with Gasteiger partial charge in [0, 0.05) is 41.0 Å². The summed E-state index contributed by atoms with van der Waals surface area (Å²) in [6, 6.07) is 13.6. The van der Waals surface area contributed by atoms with Crippen LogP contribution in [-0.2, 0) is 17.2 Å². The summed E-state index contributed by atoms with van der Waals surface area (Å²) in [4.78, 5) is 16.5. The monoisotopic (exact) mass is 479 g/mol. The van der Waals surface area contributed by atoms with Gasteiger partial charge >= 0.3 is 6.18 Å². The average molecular weight is 480 g/mol. The van der Waals surface area contributed by atoms with Crippen molar-refractivity contribution in [3.63, 3.8) is 0 Å². The molecule has 4 rings (SSSR count). The standard InChI is InChI=1S/C22H17ClF3N3O2S/c23-19-8-5-16(12-18(19)20-9-4-15(13-27-20)22(24,25)26)28-21(30)14-2-6-17(7-3-14)29-10-1-11-32(29)31/h2-9,12-13H,1,10-11H2,(H,28,30). The Labute approximate surface area is 189 Å². The molecule has 0 radical (unpaired) electrons. The van der Waals surface area contributed by atoms with Gasteiger partial charge in [-0.2, -0.15) is 13.2 Å². The summed E-state index contributed by atoms with van der Waals surface area (Å²) < 4.78 is 52.1. The van der Waals surface area contributed by atoms with Crippen molar-refractivity contribution >= 4 is 39.9 Å². The molecule has 1 aliphatic rings. The van der Waals surface area contributed by atoms with Gasteiger partial charge in [-0.1, -0.05) is 11.6 Å². The zero-order chi connectivity index (χ0) is 22.9. The highest BCUT2D eigenvalue weighted by Gasteiger charge is 2.30. The highest BCUT2D eigenvalue weighted by molar-refractivity contribution is 7.86. The number of halogens is 4. The number of amides is 1. The third-order valence-corrected chi connectivity index (χ3v) is 6.79. The molecular formula is C22H17ClF3N3O2S. The lowest BCUT2D eigenvalue weighted by Gasteiger charge is -2.16. The largest absolute Gasteiger partial charge is 0.417 e. The van der Waals surface area contributed by atoms with Gasteiger partial charge in [0.05, 0.1) is 16.3 Å². The molecule has 0 aliphatic carbocycles. The SMILES string of the molecule is O=C(Nc1ccc(Cl)c(-c2ccc(C(F)(F)F)cn2)c1)c1ccc(N2CCCS2=O)cc1. The van der Waals surface area contributed by atoms with Crippen LogP contribution in [0.15, 0.2) is 60.8 Å². The molecule has 2 aromatic carbocycles. The maximum Gasteiger partial charge on any atom is 0.417 e. The predicted molar refractivity (Wildman–Crippen MR) is 119 cm³/mol. The summed E-state index contributed by atoms with van der Waals surface area (Å²) in [5.74, 6) is 0.266. The first-order valence-corrected chi connectivity index (χ1v) is 11.3. The van der Waals surface area contributed by atoms with E-state index in [2.05, 4.69) is 10.3 Å². The molecule has 1 aromatic heterocycles. The number of nitrogens with zero attached hydrogens (tertiary/aromatic N) is 2. The molecule has 5 nitrogen and oxygen atoms in total. The van der Waals surface area contributed by atoms with Gasteiger partial charge in [-0.3, -0.25) is 14.1 Å². The van der Waals surface area contributed by atoms with Crippen molar-refractivity contribution < 1.29 is 22.2 Å². The van der Waals surface area contributed by atoms with Gasteiger partial charge in [0.2, 0.25) is 0 Å². The lowest BCUT2D eigenvalue weighted by atomic mass is 10.1. The van der Waals surface area contributed by atoms with Crippen LogP contribution in [0.3, 0.4) is 0 Å². The molecule has 3 aromatic rings. The van der Waals surface area contributed by atoms with Crippen molar-refractivity contribution in [1.82, 2.24) is 4.98 Å². The van der Waals surface area contributed by atoms with Crippen molar-refractivity contribution in [1.29, 1.82) is 0 Å². The molecule has 166 valence electrons. The second-order valence-electron chi connectivity index (χ2n) is 7.11. The van der Waals surface area contributed by atoms with Crippen LogP contribution in [0.4, 0.5) is 24.5 Å². The molecule has 1 fully saturated rings. The quantitative estimate of drug-likeness (QED) is 0.534. The van der Waals surface area contributed by atoms with E-state index in [4.69, 9.17) is 11.6 Å². The number of carbonyl (C=O) groups is 1. The first-order valence-electron chi connectivity index (χ1n) is 9.63. The molecule has 1 N–H and O–H groups in total. The normalized spacial score (nSPS) is 16.2. The molecule has 32 heavy (non-hydrogen) atoms. The van der Waals surface area contributed by atoms with Gasteiger partial charge < -0.3 is 5.32 Å². The molecule has 10 heteroatoms. The molecule has 0 bridgehead atoms. The third kappa shape index (κ3) is 4.78. The smallest absolute Gasteiger partial charge is 0.322 e. The van der Waals surface area contributed by atoms with E-state index in [-0.39, 0.29) is 11.6 Å². The van der Waals surface area contributed by atoms with Crippen molar-refractivity contribution in [2.24, 2.45) is 0 Å². The van der Waals surface area contributed by atoms with E-state index in [1.807, 2.05) is 0 Å². The number of aromatic nitrogens is 1. The zero-order valence-corrected chi connectivity index (χ0v) is 18.1. The van der Waals surface area contributed by atoms with E-state index < -0.39 is 22.7 Å². The lowest BCUT2D eigenvalue weighted by Crippen LogP contribution is -2.19. The third-order valence-electron chi connectivity index (χ3n) is 4.93. The highest BCUT2D eigenvalue weighted by atomic mass is 35.5. The zero-order valence-electron chi connectivity index (χ0n) is 16.5. The number of benzene rings is 2. The number of anilines is 2. The molecule has 0 saturated carbocycles. The van der Waals surface area contributed by atoms with Crippen LogP contribution < -0.4 is 9.62 Å². The summed E-state index contributed by atoms with van der Waals surface area (Å²) in [6.45, 7) is 0.712. The van der Waals surface area contributed by atoms with Crippen LogP contribution in [0.5, 0.6) is 0 Å². The van der Waals surface area contributed by atoms with Gasteiger partial charge in [0.15, 0.2) is 0 Å². The van der Waals surface area contributed by atoms with Crippen molar-refractivity contribution in [3.8, 4) is 11.3 Å². The Kier molecular flexibility index (Phi) is 6.21. The summed E-state index contributed by atoms with van der Waals surface area (Å²) in [7, 11) is -1.04. The molecule has 1 aliphatic heterocycles. The fourth-order valence-electron chi connectivity index (χ4n) is 3.29. The maximum atomic E-state index is 12.8. The second kappa shape index (κ2) is 8.91. The summed E-state index contributed by atoms with van der Waals surface area (Å²) >= 11 is 6.20. The molecule has 1 atom stereocenters. The first kappa shape index (κ1) is 22.3. The number of rotatable bonds is 4. The van der Waals surface area contributed by atoms with Crippen molar-refractivity contribution in [2.45, 2.75) is 12.6 Å². The van der Waals surface area contributed by atoms with Crippen molar-refractivity contribution in [3.05, 3.63) is 76.9 Å². The van der Waals surface area contributed by atoms with Gasteiger partial charge in [-0.15, -0.1) is 0 Å². The molecule has 0 spiro atoms. The van der Waals surface area contributed by atoms with E-state index in [0.717, 1.165) is 24.4 Å². The summed E-state index contributed by atoms with van der Waals surface area (Å²) in [5, 5.41) is 3.04. The average Bonchev–Trinajstić information content (AvgIpc) is 3.20. The maximum absolute atomic E-state index is 12.8. The molecule has 1 saturated heterocycles. The van der Waals surface area contributed by atoms with Gasteiger partial charge in [-0.05, 0) is 61.0 Å². The Morgan fingerprint density at radius 3 is 2.44 bits per heavy atom. The van der Waals surface area contributed by atoms with Crippen LogP contribution in [-0.4, -0.2) is 27.4 Å². The molecule has 1 amide bonds. The van der Waals surface area contributed by atoms with Crippen LogP contribution in [0.2, 0.25) is 5.02 Å². The van der Waals surface area contributed by atoms with E-state index in [0.29, 0.717) is 34.1 Å². The minimum atomic E-state index is -4.48. The Morgan fingerprint density at radius 1 is 1.09 bits per heavy atom. The van der Waals surface area contributed by atoms with Crippen LogP contribution in [0.25, 0.3) is 11.3 Å². The lowest BCUT2D eigenvalue weighted by molar-refractivity contribution is -0.137. The molecule has 2 heterocycles. The number of hydrogen-bond acceptors (Lipinski definition) is 3. The van der Waals surface area contributed by atoms with E-state index in [9.17, 15) is 22.2 Å². The van der Waals surface area contributed by atoms with E-state index in [1.54, 1.807) is 40.7 Å². The van der Waals surface area contributed by atoms with Gasteiger partial charge in [0.25, 0.3) is 5.91 Å². The minimum absolute atomic E-state index is 0.252. The number of pyridine rings is 1. The molecular weight excluding hydrogens is 463 g/mol. The number of alkyl halides is 3. The Balaban J connectivity index is 1.51. The minimum Gasteiger partial charge on any atom is -0.322 e. The fourth-order valence-corrected chi connectivity index (χ4v) is 4.79. The summed E-state index contributed by atoms with van der Waals surface area (Å²) in [6.07, 6.45) is -2.88.